The van der Waals surface area contributed by atoms with Crippen LogP contribution in [0.1, 0.15) is 6.42 Å². The summed E-state index contributed by atoms with van der Waals surface area (Å²) in [6, 6.07) is 14.0. The lowest BCUT2D eigenvalue weighted by atomic mass is 10.2. The first-order chi connectivity index (χ1) is 11.6. The van der Waals surface area contributed by atoms with Crippen LogP contribution in [0.25, 0.3) is 0 Å². The van der Waals surface area contributed by atoms with Crippen molar-refractivity contribution in [2.45, 2.75) is 6.42 Å². The fourth-order valence-corrected chi connectivity index (χ4v) is 2.64. The van der Waals surface area contributed by atoms with Gasteiger partial charge in [-0.3, -0.25) is 9.59 Å². The molecule has 5 nitrogen and oxygen atoms in total. The van der Waals surface area contributed by atoms with Gasteiger partial charge in [-0.15, -0.1) is 0 Å². The van der Waals surface area contributed by atoms with E-state index in [9.17, 15) is 9.59 Å². The highest BCUT2D eigenvalue weighted by Gasteiger charge is 2.48. The molecule has 2 amide bonds. The highest BCUT2D eigenvalue weighted by molar-refractivity contribution is 6.30. The number of carbonyl (C=O) groups is 2. The SMILES string of the molecule is COc1ccccc1NC(=O)C1CC1C(=O)Nc1ccc(Cl)cc1. The van der Waals surface area contributed by atoms with Crippen LogP contribution >= 0.6 is 11.6 Å². The average molecular weight is 345 g/mol. The molecule has 0 spiro atoms. The van der Waals surface area contributed by atoms with E-state index in [2.05, 4.69) is 10.6 Å². The van der Waals surface area contributed by atoms with Crippen molar-refractivity contribution < 1.29 is 14.3 Å². The number of benzene rings is 2. The van der Waals surface area contributed by atoms with Gasteiger partial charge in [0, 0.05) is 10.7 Å². The Balaban J connectivity index is 1.57. The van der Waals surface area contributed by atoms with E-state index in [1.807, 2.05) is 12.1 Å². The number of nitrogens with one attached hydrogen (secondary N) is 2. The maximum atomic E-state index is 12.3. The Bertz CT molecular complexity index is 761. The molecule has 124 valence electrons. The van der Waals surface area contributed by atoms with Crippen molar-refractivity contribution in [3.05, 3.63) is 53.6 Å². The van der Waals surface area contributed by atoms with Crippen molar-refractivity contribution in [2.75, 3.05) is 17.7 Å². The number of hydrogen-bond acceptors (Lipinski definition) is 3. The monoisotopic (exact) mass is 344 g/mol. The predicted molar refractivity (Wildman–Crippen MR) is 93.3 cm³/mol. The van der Waals surface area contributed by atoms with Crippen molar-refractivity contribution in [2.24, 2.45) is 11.8 Å². The molecule has 1 aliphatic rings. The van der Waals surface area contributed by atoms with Gasteiger partial charge in [-0.1, -0.05) is 23.7 Å². The fourth-order valence-electron chi connectivity index (χ4n) is 2.52. The van der Waals surface area contributed by atoms with E-state index in [1.54, 1.807) is 43.5 Å². The number of anilines is 2. The molecule has 2 aromatic carbocycles. The van der Waals surface area contributed by atoms with Gasteiger partial charge >= 0.3 is 0 Å². The van der Waals surface area contributed by atoms with Crippen molar-refractivity contribution >= 4 is 34.8 Å². The van der Waals surface area contributed by atoms with Crippen LogP contribution in [0, 0.1) is 11.8 Å². The standard InChI is InChI=1S/C18H17ClN2O3/c1-24-16-5-3-2-4-15(16)21-18(23)14-10-13(14)17(22)20-12-8-6-11(19)7-9-12/h2-9,13-14H,10H2,1H3,(H,20,22)(H,21,23). The zero-order chi connectivity index (χ0) is 17.1. The minimum absolute atomic E-state index is 0.155. The van der Waals surface area contributed by atoms with Gasteiger partial charge in [0.15, 0.2) is 0 Å². The Hall–Kier alpha value is -2.53. The van der Waals surface area contributed by atoms with Gasteiger partial charge in [0.1, 0.15) is 5.75 Å². The molecule has 1 fully saturated rings. The lowest BCUT2D eigenvalue weighted by molar-refractivity contribution is -0.122. The van der Waals surface area contributed by atoms with Crippen LogP contribution in [0.4, 0.5) is 11.4 Å². The van der Waals surface area contributed by atoms with Crippen LogP contribution in [-0.2, 0) is 9.59 Å². The van der Waals surface area contributed by atoms with E-state index in [0.717, 1.165) is 0 Å². The Morgan fingerprint density at radius 1 is 1.00 bits per heavy atom. The van der Waals surface area contributed by atoms with E-state index < -0.39 is 0 Å². The van der Waals surface area contributed by atoms with Gasteiger partial charge in [0.2, 0.25) is 11.8 Å². The molecule has 24 heavy (non-hydrogen) atoms. The first kappa shape index (κ1) is 16.3. The zero-order valence-corrected chi connectivity index (χ0v) is 13.8. The highest BCUT2D eigenvalue weighted by atomic mass is 35.5. The molecule has 3 rings (SSSR count). The molecule has 2 unspecified atom stereocenters. The lowest BCUT2D eigenvalue weighted by Gasteiger charge is -2.09. The molecule has 0 bridgehead atoms. The maximum absolute atomic E-state index is 12.3. The zero-order valence-electron chi connectivity index (χ0n) is 13.1. The average Bonchev–Trinajstić information content (AvgIpc) is 3.38. The fraction of sp³-hybridized carbons (Fsp3) is 0.222. The summed E-state index contributed by atoms with van der Waals surface area (Å²) in [5.74, 6) is -0.362. The topological polar surface area (TPSA) is 67.4 Å². The molecule has 2 aromatic rings. The Morgan fingerprint density at radius 3 is 2.29 bits per heavy atom. The highest BCUT2D eigenvalue weighted by Crippen LogP contribution is 2.40. The van der Waals surface area contributed by atoms with Crippen molar-refractivity contribution in [3.8, 4) is 5.75 Å². The van der Waals surface area contributed by atoms with E-state index in [4.69, 9.17) is 16.3 Å². The van der Waals surface area contributed by atoms with Gasteiger partial charge in [0.05, 0.1) is 24.6 Å². The summed E-state index contributed by atoms with van der Waals surface area (Å²) in [7, 11) is 1.55. The summed E-state index contributed by atoms with van der Waals surface area (Å²) in [6.07, 6.45) is 0.542. The quantitative estimate of drug-likeness (QED) is 0.871. The molecule has 0 aromatic heterocycles. The second-order valence-electron chi connectivity index (χ2n) is 5.63. The van der Waals surface area contributed by atoms with Crippen LogP contribution in [0.15, 0.2) is 48.5 Å². The van der Waals surface area contributed by atoms with Crippen LogP contribution in [0.3, 0.4) is 0 Å². The van der Waals surface area contributed by atoms with Crippen molar-refractivity contribution in [1.29, 1.82) is 0 Å². The number of methoxy groups -OCH3 is 1. The summed E-state index contributed by atoms with van der Waals surface area (Å²) in [4.78, 5) is 24.5. The summed E-state index contributed by atoms with van der Waals surface area (Å²) in [5.41, 5.74) is 1.27. The number of carbonyl (C=O) groups excluding carboxylic acids is 2. The molecular formula is C18H17ClN2O3. The summed E-state index contributed by atoms with van der Waals surface area (Å²) < 4.78 is 5.20. The number of halogens is 1. The third-order valence-corrected chi connectivity index (χ3v) is 4.19. The number of hydrogen-bond donors (Lipinski definition) is 2. The summed E-state index contributed by atoms with van der Waals surface area (Å²) in [5, 5.41) is 6.22. The van der Waals surface area contributed by atoms with Gasteiger partial charge in [0.25, 0.3) is 0 Å². The van der Waals surface area contributed by atoms with E-state index in [-0.39, 0.29) is 23.7 Å². The molecule has 1 aliphatic carbocycles. The number of amides is 2. The predicted octanol–water partition coefficient (Wildman–Crippen LogP) is 3.56. The molecule has 6 heteroatoms. The first-order valence-corrected chi connectivity index (χ1v) is 7.96. The van der Waals surface area contributed by atoms with E-state index >= 15 is 0 Å². The number of ether oxygens (including phenoxy) is 1. The van der Waals surface area contributed by atoms with Gasteiger partial charge < -0.3 is 15.4 Å². The van der Waals surface area contributed by atoms with Crippen molar-refractivity contribution in [1.82, 2.24) is 0 Å². The third kappa shape index (κ3) is 3.68. The first-order valence-electron chi connectivity index (χ1n) is 7.59. The molecule has 2 N–H and O–H groups in total. The second kappa shape index (κ2) is 6.93. The summed E-state index contributed by atoms with van der Waals surface area (Å²) in [6.45, 7) is 0. The molecule has 0 radical (unpaired) electrons. The van der Waals surface area contributed by atoms with Gasteiger partial charge in [-0.05, 0) is 42.8 Å². The molecule has 0 aliphatic heterocycles. The number of para-hydroxylation sites is 2. The van der Waals surface area contributed by atoms with Gasteiger partial charge in [-0.25, -0.2) is 0 Å². The van der Waals surface area contributed by atoms with Gasteiger partial charge in [-0.2, -0.15) is 0 Å². The van der Waals surface area contributed by atoms with Crippen LogP contribution in [-0.4, -0.2) is 18.9 Å². The Kier molecular flexibility index (Phi) is 4.71. The van der Waals surface area contributed by atoms with Crippen LogP contribution in [0.2, 0.25) is 5.02 Å². The largest absolute Gasteiger partial charge is 0.495 e. The second-order valence-corrected chi connectivity index (χ2v) is 6.07. The molecule has 0 saturated heterocycles. The molecular weight excluding hydrogens is 328 g/mol. The summed E-state index contributed by atoms with van der Waals surface area (Å²) >= 11 is 5.81. The molecule has 1 saturated carbocycles. The normalized spacial score (nSPS) is 18.6. The Labute approximate surface area is 145 Å². The van der Waals surface area contributed by atoms with E-state index in [1.165, 1.54) is 0 Å². The van der Waals surface area contributed by atoms with Crippen molar-refractivity contribution in [3.63, 3.8) is 0 Å². The van der Waals surface area contributed by atoms with Crippen LogP contribution in [0.5, 0.6) is 5.75 Å². The maximum Gasteiger partial charge on any atom is 0.228 e. The smallest absolute Gasteiger partial charge is 0.228 e. The number of rotatable bonds is 5. The Morgan fingerprint density at radius 2 is 1.62 bits per heavy atom. The van der Waals surface area contributed by atoms with Crippen LogP contribution < -0.4 is 15.4 Å². The minimum Gasteiger partial charge on any atom is -0.495 e. The minimum atomic E-state index is -0.317. The molecule has 2 atom stereocenters. The molecule has 0 heterocycles. The van der Waals surface area contributed by atoms with E-state index in [0.29, 0.717) is 28.6 Å². The third-order valence-electron chi connectivity index (χ3n) is 3.94. The lowest BCUT2D eigenvalue weighted by Crippen LogP contribution is -2.20.